The zero-order valence-corrected chi connectivity index (χ0v) is 11.5. The molecule has 0 unspecified atom stereocenters. The van der Waals surface area contributed by atoms with Gasteiger partial charge in [0.05, 0.1) is 10.7 Å². The first kappa shape index (κ1) is 13.6. The summed E-state index contributed by atoms with van der Waals surface area (Å²) in [6, 6.07) is 13.0. The zero-order valence-electron chi connectivity index (χ0n) is 10.7. The summed E-state index contributed by atoms with van der Waals surface area (Å²) in [5, 5.41) is 0.595. The van der Waals surface area contributed by atoms with Gasteiger partial charge < -0.3 is 15.2 Å². The van der Waals surface area contributed by atoms with E-state index in [9.17, 15) is 0 Å². The molecule has 0 amide bonds. The highest BCUT2D eigenvalue weighted by Gasteiger charge is 2.02. The van der Waals surface area contributed by atoms with Crippen LogP contribution in [0, 0.1) is 6.92 Å². The molecule has 0 heterocycles. The molecule has 0 atom stereocenters. The smallest absolute Gasteiger partial charge is 0.142 e. The van der Waals surface area contributed by atoms with Crippen molar-refractivity contribution in [2.45, 2.75) is 6.92 Å². The molecule has 0 fully saturated rings. The Labute approximate surface area is 117 Å². The van der Waals surface area contributed by atoms with E-state index in [2.05, 4.69) is 0 Å². The van der Waals surface area contributed by atoms with Gasteiger partial charge in [-0.25, -0.2) is 0 Å². The summed E-state index contributed by atoms with van der Waals surface area (Å²) in [6.45, 7) is 2.82. The van der Waals surface area contributed by atoms with Gasteiger partial charge in [-0.15, -0.1) is 0 Å². The summed E-state index contributed by atoms with van der Waals surface area (Å²) in [7, 11) is 0. The third-order valence-electron chi connectivity index (χ3n) is 2.60. The fraction of sp³-hybridized carbons (Fsp3) is 0.200. The standard InChI is InChI=1S/C15H16ClNO2/c1-11-6-7-15(13(17)10-11)19-9-8-18-14-5-3-2-4-12(14)16/h2-7,10H,8-9,17H2,1H3. The molecule has 2 N–H and O–H groups in total. The maximum atomic E-state index is 5.98. The number of aryl methyl sites for hydroxylation is 1. The van der Waals surface area contributed by atoms with Crippen LogP contribution in [0.15, 0.2) is 42.5 Å². The molecule has 0 bridgehead atoms. The molecule has 100 valence electrons. The van der Waals surface area contributed by atoms with E-state index in [0.29, 0.717) is 35.4 Å². The number of nitrogen functional groups attached to an aromatic ring is 1. The Bertz CT molecular complexity index is 558. The van der Waals surface area contributed by atoms with Gasteiger partial charge in [0.25, 0.3) is 0 Å². The highest BCUT2D eigenvalue weighted by molar-refractivity contribution is 6.32. The first-order valence-electron chi connectivity index (χ1n) is 6.03. The SMILES string of the molecule is Cc1ccc(OCCOc2ccccc2Cl)c(N)c1. The van der Waals surface area contributed by atoms with E-state index < -0.39 is 0 Å². The molecule has 2 aromatic carbocycles. The van der Waals surface area contributed by atoms with Crippen molar-refractivity contribution in [3.8, 4) is 11.5 Å². The van der Waals surface area contributed by atoms with Crippen LogP contribution in [0.25, 0.3) is 0 Å². The number of hydrogen-bond acceptors (Lipinski definition) is 3. The van der Waals surface area contributed by atoms with E-state index in [1.807, 2.05) is 43.3 Å². The summed E-state index contributed by atoms with van der Waals surface area (Å²) in [4.78, 5) is 0. The molecule has 19 heavy (non-hydrogen) atoms. The number of nitrogens with two attached hydrogens (primary N) is 1. The average molecular weight is 278 g/mol. The lowest BCUT2D eigenvalue weighted by Gasteiger charge is -2.11. The number of rotatable bonds is 5. The van der Waals surface area contributed by atoms with Crippen LogP contribution in [-0.4, -0.2) is 13.2 Å². The van der Waals surface area contributed by atoms with Gasteiger partial charge in [-0.1, -0.05) is 29.8 Å². The third kappa shape index (κ3) is 3.80. The predicted molar refractivity (Wildman–Crippen MR) is 78.0 cm³/mol. The molecule has 2 rings (SSSR count). The molecule has 0 saturated carbocycles. The molecule has 0 radical (unpaired) electrons. The van der Waals surface area contributed by atoms with Crippen LogP contribution >= 0.6 is 11.6 Å². The van der Waals surface area contributed by atoms with Crippen LogP contribution in [0.4, 0.5) is 5.69 Å². The first-order chi connectivity index (χ1) is 9.16. The number of ether oxygens (including phenoxy) is 2. The average Bonchev–Trinajstić information content (AvgIpc) is 2.38. The van der Waals surface area contributed by atoms with Crippen molar-refractivity contribution < 1.29 is 9.47 Å². The second-order valence-corrected chi connectivity index (χ2v) is 4.58. The lowest BCUT2D eigenvalue weighted by atomic mass is 10.2. The van der Waals surface area contributed by atoms with Crippen LogP contribution in [0.5, 0.6) is 11.5 Å². The van der Waals surface area contributed by atoms with Gasteiger partial charge >= 0.3 is 0 Å². The number of anilines is 1. The van der Waals surface area contributed by atoms with Gasteiger partial charge in [0, 0.05) is 0 Å². The molecule has 0 aliphatic heterocycles. The molecular weight excluding hydrogens is 262 g/mol. The highest BCUT2D eigenvalue weighted by atomic mass is 35.5. The Morgan fingerprint density at radius 3 is 2.37 bits per heavy atom. The number of para-hydroxylation sites is 1. The van der Waals surface area contributed by atoms with Gasteiger partial charge in [-0.2, -0.15) is 0 Å². The summed E-state index contributed by atoms with van der Waals surface area (Å²) in [5.41, 5.74) is 7.60. The Balaban J connectivity index is 1.83. The topological polar surface area (TPSA) is 44.5 Å². The van der Waals surface area contributed by atoms with Crippen LogP contribution in [-0.2, 0) is 0 Å². The molecule has 0 saturated heterocycles. The Kier molecular flexibility index (Phi) is 4.53. The summed E-state index contributed by atoms with van der Waals surface area (Å²) in [6.07, 6.45) is 0. The maximum absolute atomic E-state index is 5.98. The Morgan fingerprint density at radius 1 is 1.00 bits per heavy atom. The summed E-state index contributed by atoms with van der Waals surface area (Å²) < 4.78 is 11.1. The van der Waals surface area contributed by atoms with Gasteiger partial charge in [0.1, 0.15) is 24.7 Å². The number of benzene rings is 2. The largest absolute Gasteiger partial charge is 0.488 e. The fourth-order valence-corrected chi connectivity index (χ4v) is 1.85. The normalized spacial score (nSPS) is 10.2. The lowest BCUT2D eigenvalue weighted by Crippen LogP contribution is -2.10. The van der Waals surface area contributed by atoms with Crippen LogP contribution in [0.3, 0.4) is 0 Å². The van der Waals surface area contributed by atoms with Crippen LogP contribution in [0.2, 0.25) is 5.02 Å². The number of halogens is 1. The van der Waals surface area contributed by atoms with E-state index in [1.165, 1.54) is 0 Å². The van der Waals surface area contributed by atoms with E-state index in [-0.39, 0.29) is 0 Å². The molecule has 0 spiro atoms. The number of hydrogen-bond donors (Lipinski definition) is 1. The molecular formula is C15H16ClNO2. The Morgan fingerprint density at radius 2 is 1.68 bits per heavy atom. The predicted octanol–water partition coefficient (Wildman–Crippen LogP) is 3.69. The van der Waals surface area contributed by atoms with Crippen molar-refractivity contribution in [1.29, 1.82) is 0 Å². The van der Waals surface area contributed by atoms with Crippen molar-refractivity contribution in [2.24, 2.45) is 0 Å². The first-order valence-corrected chi connectivity index (χ1v) is 6.41. The molecule has 2 aromatic rings. The quantitative estimate of drug-likeness (QED) is 0.670. The highest BCUT2D eigenvalue weighted by Crippen LogP contribution is 2.24. The molecule has 0 aromatic heterocycles. The molecule has 0 aliphatic carbocycles. The minimum absolute atomic E-state index is 0.414. The molecule has 3 nitrogen and oxygen atoms in total. The third-order valence-corrected chi connectivity index (χ3v) is 2.91. The van der Waals surface area contributed by atoms with E-state index in [1.54, 1.807) is 6.07 Å². The summed E-state index contributed by atoms with van der Waals surface area (Å²) >= 11 is 5.98. The van der Waals surface area contributed by atoms with Crippen LogP contribution < -0.4 is 15.2 Å². The van der Waals surface area contributed by atoms with Gasteiger partial charge in [0.2, 0.25) is 0 Å². The lowest BCUT2D eigenvalue weighted by molar-refractivity contribution is 0.218. The van der Waals surface area contributed by atoms with Crippen molar-refractivity contribution in [3.63, 3.8) is 0 Å². The minimum Gasteiger partial charge on any atom is -0.488 e. The van der Waals surface area contributed by atoms with E-state index in [0.717, 1.165) is 5.56 Å². The van der Waals surface area contributed by atoms with Crippen molar-refractivity contribution in [3.05, 3.63) is 53.1 Å². The van der Waals surface area contributed by atoms with E-state index in [4.69, 9.17) is 26.8 Å². The van der Waals surface area contributed by atoms with Crippen LogP contribution in [0.1, 0.15) is 5.56 Å². The van der Waals surface area contributed by atoms with Crippen molar-refractivity contribution in [1.82, 2.24) is 0 Å². The molecule has 4 heteroatoms. The fourth-order valence-electron chi connectivity index (χ4n) is 1.66. The van der Waals surface area contributed by atoms with Crippen molar-refractivity contribution in [2.75, 3.05) is 18.9 Å². The van der Waals surface area contributed by atoms with Gasteiger partial charge in [-0.05, 0) is 36.8 Å². The Hall–Kier alpha value is -1.87. The van der Waals surface area contributed by atoms with E-state index >= 15 is 0 Å². The maximum Gasteiger partial charge on any atom is 0.142 e. The molecule has 0 aliphatic rings. The zero-order chi connectivity index (χ0) is 13.7. The second-order valence-electron chi connectivity index (χ2n) is 4.17. The van der Waals surface area contributed by atoms with Crippen molar-refractivity contribution >= 4 is 17.3 Å². The minimum atomic E-state index is 0.414. The monoisotopic (exact) mass is 277 g/mol. The van der Waals surface area contributed by atoms with Gasteiger partial charge in [-0.3, -0.25) is 0 Å². The van der Waals surface area contributed by atoms with Gasteiger partial charge in [0.15, 0.2) is 0 Å². The second kappa shape index (κ2) is 6.34. The summed E-state index contributed by atoms with van der Waals surface area (Å²) in [5.74, 6) is 1.33.